The van der Waals surface area contributed by atoms with E-state index in [0.29, 0.717) is 17.9 Å². The molecule has 1 heterocycles. The molecule has 0 radical (unpaired) electrons. The maximum Gasteiger partial charge on any atom is 0.231 e. The van der Waals surface area contributed by atoms with Crippen molar-refractivity contribution in [3.05, 3.63) is 11.7 Å². The fourth-order valence-corrected chi connectivity index (χ4v) is 3.62. The van der Waals surface area contributed by atoms with Crippen LogP contribution in [0.15, 0.2) is 4.52 Å². The normalized spacial score (nSPS) is 25.7. The van der Waals surface area contributed by atoms with Gasteiger partial charge in [0.05, 0.1) is 5.92 Å². The van der Waals surface area contributed by atoms with Crippen LogP contribution in [0.3, 0.4) is 0 Å². The number of rotatable bonds is 7. The van der Waals surface area contributed by atoms with Crippen LogP contribution in [-0.2, 0) is 0 Å². The van der Waals surface area contributed by atoms with Crippen molar-refractivity contribution < 1.29 is 4.52 Å². The third-order valence-corrected chi connectivity index (χ3v) is 5.18. The Kier molecular flexibility index (Phi) is 6.22. The van der Waals surface area contributed by atoms with Gasteiger partial charge < -0.3 is 9.84 Å². The quantitative estimate of drug-likeness (QED) is 0.816. The summed E-state index contributed by atoms with van der Waals surface area (Å²) < 4.78 is 5.57. The molecular formula is C17H31N3O. The third kappa shape index (κ3) is 4.06. The number of likely N-dealkylation sites (N-methyl/N-ethyl adjacent to an activating group) is 1. The molecule has 0 aromatic carbocycles. The van der Waals surface area contributed by atoms with Crippen LogP contribution in [0.25, 0.3) is 0 Å². The summed E-state index contributed by atoms with van der Waals surface area (Å²) in [5.41, 5.74) is 0. The van der Waals surface area contributed by atoms with Crippen LogP contribution in [0.4, 0.5) is 0 Å². The highest BCUT2D eigenvalue weighted by Gasteiger charge is 2.28. The van der Waals surface area contributed by atoms with Crippen LogP contribution < -0.4 is 5.32 Å². The van der Waals surface area contributed by atoms with Crippen LogP contribution in [0.1, 0.15) is 89.3 Å². The van der Waals surface area contributed by atoms with E-state index in [9.17, 15) is 0 Å². The lowest BCUT2D eigenvalue weighted by Gasteiger charge is -2.26. The van der Waals surface area contributed by atoms with Gasteiger partial charge in [-0.05, 0) is 52.0 Å². The summed E-state index contributed by atoms with van der Waals surface area (Å²) in [6.45, 7) is 6.64. The predicted molar refractivity (Wildman–Crippen MR) is 85.5 cm³/mol. The number of nitrogens with zero attached hydrogens (tertiary/aromatic N) is 2. The number of nitrogens with one attached hydrogen (secondary N) is 1. The van der Waals surface area contributed by atoms with Crippen molar-refractivity contribution in [2.75, 3.05) is 7.05 Å². The number of hydrogen-bond acceptors (Lipinski definition) is 4. The molecule has 1 N–H and O–H groups in total. The van der Waals surface area contributed by atoms with E-state index < -0.39 is 0 Å². The van der Waals surface area contributed by atoms with E-state index >= 15 is 0 Å². The van der Waals surface area contributed by atoms with Gasteiger partial charge in [0.2, 0.25) is 5.89 Å². The molecule has 1 saturated carbocycles. The maximum atomic E-state index is 5.57. The number of hydrogen-bond donors (Lipinski definition) is 1. The van der Waals surface area contributed by atoms with Gasteiger partial charge in [0.15, 0.2) is 5.82 Å². The molecule has 0 amide bonds. The molecular weight excluding hydrogens is 262 g/mol. The Morgan fingerprint density at radius 2 is 1.95 bits per heavy atom. The van der Waals surface area contributed by atoms with Crippen LogP contribution in [0.2, 0.25) is 0 Å². The van der Waals surface area contributed by atoms with Gasteiger partial charge in [0.25, 0.3) is 0 Å². The van der Waals surface area contributed by atoms with Gasteiger partial charge in [-0.1, -0.05) is 31.8 Å². The monoisotopic (exact) mass is 293 g/mol. The van der Waals surface area contributed by atoms with E-state index in [-0.39, 0.29) is 0 Å². The van der Waals surface area contributed by atoms with Crippen LogP contribution >= 0.6 is 0 Å². The summed E-state index contributed by atoms with van der Waals surface area (Å²) in [4.78, 5) is 4.73. The molecule has 2 atom stereocenters. The minimum atomic E-state index is 0.313. The fourth-order valence-electron chi connectivity index (χ4n) is 3.62. The molecule has 1 aliphatic rings. The first-order valence-corrected chi connectivity index (χ1v) is 8.70. The average molecular weight is 293 g/mol. The highest BCUT2D eigenvalue weighted by molar-refractivity contribution is 5.02. The summed E-state index contributed by atoms with van der Waals surface area (Å²) >= 11 is 0. The lowest BCUT2D eigenvalue weighted by molar-refractivity contribution is 0.290. The molecule has 2 rings (SSSR count). The van der Waals surface area contributed by atoms with Gasteiger partial charge in [0, 0.05) is 12.0 Å². The molecule has 0 bridgehead atoms. The summed E-state index contributed by atoms with van der Waals surface area (Å²) in [6, 6.07) is 0.364. The minimum Gasteiger partial charge on any atom is -0.339 e. The Labute approximate surface area is 129 Å². The molecule has 0 spiro atoms. The van der Waals surface area contributed by atoms with Crippen molar-refractivity contribution in [3.63, 3.8) is 0 Å². The van der Waals surface area contributed by atoms with Crippen LogP contribution in [0, 0.1) is 5.92 Å². The Morgan fingerprint density at radius 3 is 2.52 bits per heavy atom. The zero-order valence-electron chi connectivity index (χ0n) is 14.1. The molecule has 21 heavy (non-hydrogen) atoms. The Hall–Kier alpha value is -0.900. The Morgan fingerprint density at radius 1 is 1.24 bits per heavy atom. The topological polar surface area (TPSA) is 51.0 Å². The van der Waals surface area contributed by atoms with Crippen molar-refractivity contribution in [1.82, 2.24) is 15.5 Å². The van der Waals surface area contributed by atoms with Crippen LogP contribution in [-0.4, -0.2) is 23.2 Å². The summed E-state index contributed by atoms with van der Waals surface area (Å²) in [5, 5.41) is 7.58. The molecule has 1 aromatic heterocycles. The molecule has 1 aliphatic carbocycles. The predicted octanol–water partition coefficient (Wildman–Crippen LogP) is 4.25. The summed E-state index contributed by atoms with van der Waals surface area (Å²) in [5.74, 6) is 3.50. The molecule has 1 aromatic rings. The minimum absolute atomic E-state index is 0.313. The van der Waals surface area contributed by atoms with Crippen molar-refractivity contribution in [1.29, 1.82) is 0 Å². The highest BCUT2D eigenvalue weighted by atomic mass is 16.5. The standard InChI is InChI=1S/C17H31N3O/c1-5-7-13-8-10-14(11-9-13)16-19-17(21-20-16)15(6-2)12(3)18-4/h12-15,18H,5-11H2,1-4H3. The van der Waals surface area contributed by atoms with Gasteiger partial charge in [-0.15, -0.1) is 0 Å². The second-order valence-corrected chi connectivity index (χ2v) is 6.59. The SMILES string of the molecule is CCCC1CCC(c2noc(C(CC)C(C)NC)n2)CC1. The zero-order chi connectivity index (χ0) is 15.2. The van der Waals surface area contributed by atoms with Crippen molar-refractivity contribution >= 4 is 0 Å². The van der Waals surface area contributed by atoms with Gasteiger partial charge in [-0.2, -0.15) is 4.98 Å². The maximum absolute atomic E-state index is 5.57. The molecule has 2 unspecified atom stereocenters. The van der Waals surface area contributed by atoms with E-state index in [1.807, 2.05) is 7.05 Å². The van der Waals surface area contributed by atoms with Gasteiger partial charge in [-0.3, -0.25) is 0 Å². The van der Waals surface area contributed by atoms with E-state index in [0.717, 1.165) is 24.1 Å². The van der Waals surface area contributed by atoms with Crippen molar-refractivity contribution in [2.45, 2.75) is 83.6 Å². The lowest BCUT2D eigenvalue weighted by Crippen LogP contribution is -2.28. The number of aromatic nitrogens is 2. The van der Waals surface area contributed by atoms with Crippen LogP contribution in [0.5, 0.6) is 0 Å². The third-order valence-electron chi connectivity index (χ3n) is 5.18. The van der Waals surface area contributed by atoms with E-state index in [1.165, 1.54) is 38.5 Å². The van der Waals surface area contributed by atoms with Crippen molar-refractivity contribution in [2.24, 2.45) is 5.92 Å². The molecule has 1 fully saturated rings. The largest absolute Gasteiger partial charge is 0.339 e. The molecule has 4 nitrogen and oxygen atoms in total. The lowest BCUT2D eigenvalue weighted by atomic mass is 9.80. The fraction of sp³-hybridized carbons (Fsp3) is 0.882. The smallest absolute Gasteiger partial charge is 0.231 e. The van der Waals surface area contributed by atoms with Crippen molar-refractivity contribution in [3.8, 4) is 0 Å². The van der Waals surface area contributed by atoms with E-state index in [2.05, 4.69) is 31.2 Å². The van der Waals surface area contributed by atoms with E-state index in [4.69, 9.17) is 9.51 Å². The first kappa shape index (κ1) is 16.5. The Balaban J connectivity index is 1.97. The Bertz CT molecular complexity index is 410. The zero-order valence-corrected chi connectivity index (χ0v) is 14.1. The van der Waals surface area contributed by atoms with Gasteiger partial charge in [0.1, 0.15) is 0 Å². The molecule has 4 heteroatoms. The molecule has 0 aliphatic heterocycles. The second-order valence-electron chi connectivity index (χ2n) is 6.59. The first-order valence-electron chi connectivity index (χ1n) is 8.70. The van der Waals surface area contributed by atoms with E-state index in [1.54, 1.807) is 0 Å². The average Bonchev–Trinajstić information content (AvgIpc) is 2.98. The second kappa shape index (κ2) is 7.92. The summed E-state index contributed by atoms with van der Waals surface area (Å²) in [6.07, 6.45) is 8.81. The molecule has 0 saturated heterocycles. The van der Waals surface area contributed by atoms with Gasteiger partial charge in [-0.25, -0.2) is 0 Å². The first-order chi connectivity index (χ1) is 10.2. The van der Waals surface area contributed by atoms with Gasteiger partial charge >= 0.3 is 0 Å². The summed E-state index contributed by atoms with van der Waals surface area (Å²) in [7, 11) is 1.99. The molecule has 120 valence electrons. The highest BCUT2D eigenvalue weighted by Crippen LogP contribution is 2.36.